The first-order valence-electron chi connectivity index (χ1n) is 8.51. The summed E-state index contributed by atoms with van der Waals surface area (Å²) in [4.78, 5) is 12.2. The zero-order chi connectivity index (χ0) is 19.2. The predicted molar refractivity (Wildman–Crippen MR) is 99.9 cm³/mol. The van der Waals surface area contributed by atoms with Gasteiger partial charge in [-0.15, -0.1) is 0 Å². The Balaban J connectivity index is 1.96. The molecular weight excluding hydrogens is 355 g/mol. The Labute approximate surface area is 153 Å². The number of aryl methyl sites for hydroxylation is 1. The third kappa shape index (κ3) is 5.12. The fourth-order valence-corrected chi connectivity index (χ4v) is 4.05. The van der Waals surface area contributed by atoms with E-state index in [2.05, 4.69) is 5.32 Å². The van der Waals surface area contributed by atoms with Crippen molar-refractivity contribution in [2.45, 2.75) is 31.6 Å². The predicted octanol–water partition coefficient (Wildman–Crippen LogP) is 3.43. The minimum Gasteiger partial charge on any atom is -0.326 e. The van der Waals surface area contributed by atoms with Crippen LogP contribution in [-0.4, -0.2) is 31.7 Å². The highest BCUT2D eigenvalue weighted by atomic mass is 32.2. The van der Waals surface area contributed by atoms with Crippen molar-refractivity contribution in [1.29, 1.82) is 0 Å². The molecule has 0 aromatic heterocycles. The maximum atomic E-state index is 13.1. The quantitative estimate of drug-likeness (QED) is 0.765. The van der Waals surface area contributed by atoms with Crippen LogP contribution < -0.4 is 5.32 Å². The van der Waals surface area contributed by atoms with Gasteiger partial charge in [-0.1, -0.05) is 32.0 Å². The SMILES string of the molecule is CCN(CC)S(=O)(=O)c1ccc(CCC(=O)Nc2cccc(F)c2)cc1. The Morgan fingerprint density at radius 1 is 1.08 bits per heavy atom. The van der Waals surface area contributed by atoms with E-state index in [4.69, 9.17) is 0 Å². The van der Waals surface area contributed by atoms with Gasteiger partial charge >= 0.3 is 0 Å². The van der Waals surface area contributed by atoms with E-state index in [9.17, 15) is 17.6 Å². The molecule has 5 nitrogen and oxygen atoms in total. The Morgan fingerprint density at radius 3 is 2.31 bits per heavy atom. The molecule has 0 unspecified atom stereocenters. The van der Waals surface area contributed by atoms with E-state index < -0.39 is 15.8 Å². The summed E-state index contributed by atoms with van der Waals surface area (Å²) in [6, 6.07) is 12.3. The molecule has 1 N–H and O–H groups in total. The van der Waals surface area contributed by atoms with Crippen LogP contribution in [0.1, 0.15) is 25.8 Å². The molecule has 140 valence electrons. The van der Waals surface area contributed by atoms with Crippen molar-refractivity contribution in [3.05, 3.63) is 59.9 Å². The zero-order valence-corrected chi connectivity index (χ0v) is 15.7. The molecule has 2 aromatic carbocycles. The van der Waals surface area contributed by atoms with Gasteiger partial charge < -0.3 is 5.32 Å². The molecular formula is C19H23FN2O3S. The largest absolute Gasteiger partial charge is 0.326 e. The molecule has 0 atom stereocenters. The molecule has 0 radical (unpaired) electrons. The van der Waals surface area contributed by atoms with E-state index in [1.807, 2.05) is 0 Å². The number of nitrogens with one attached hydrogen (secondary N) is 1. The lowest BCUT2D eigenvalue weighted by Crippen LogP contribution is -2.30. The van der Waals surface area contributed by atoms with Crippen molar-refractivity contribution >= 4 is 21.6 Å². The number of carbonyl (C=O) groups is 1. The van der Waals surface area contributed by atoms with Crippen molar-refractivity contribution in [3.8, 4) is 0 Å². The standard InChI is InChI=1S/C19H23FN2O3S/c1-3-22(4-2)26(24,25)18-11-8-15(9-12-18)10-13-19(23)21-17-7-5-6-16(20)14-17/h5-9,11-12,14H,3-4,10,13H2,1-2H3,(H,21,23). The van der Waals surface area contributed by atoms with Gasteiger partial charge in [0.25, 0.3) is 0 Å². The van der Waals surface area contributed by atoms with Gasteiger partial charge in [0.1, 0.15) is 5.82 Å². The van der Waals surface area contributed by atoms with E-state index in [0.717, 1.165) is 5.56 Å². The highest BCUT2D eigenvalue weighted by molar-refractivity contribution is 7.89. The highest BCUT2D eigenvalue weighted by Gasteiger charge is 2.21. The third-order valence-corrected chi connectivity index (χ3v) is 6.08. The maximum absolute atomic E-state index is 13.1. The van der Waals surface area contributed by atoms with Gasteiger partial charge in [0.05, 0.1) is 4.90 Å². The molecule has 1 amide bonds. The van der Waals surface area contributed by atoms with E-state index in [1.165, 1.54) is 22.5 Å². The maximum Gasteiger partial charge on any atom is 0.243 e. The lowest BCUT2D eigenvalue weighted by molar-refractivity contribution is -0.116. The molecule has 2 aromatic rings. The van der Waals surface area contributed by atoms with Gasteiger partial charge in [0, 0.05) is 25.2 Å². The van der Waals surface area contributed by atoms with E-state index in [1.54, 1.807) is 44.2 Å². The van der Waals surface area contributed by atoms with Crippen LogP contribution in [0.25, 0.3) is 0 Å². The number of anilines is 1. The number of halogens is 1. The minimum absolute atomic E-state index is 0.221. The number of rotatable bonds is 8. The summed E-state index contributed by atoms with van der Waals surface area (Å²) in [6.45, 7) is 4.43. The first-order valence-corrected chi connectivity index (χ1v) is 9.95. The van der Waals surface area contributed by atoms with Gasteiger partial charge in [0.2, 0.25) is 15.9 Å². The molecule has 0 saturated carbocycles. The number of carbonyl (C=O) groups excluding carboxylic acids is 1. The van der Waals surface area contributed by atoms with E-state index in [-0.39, 0.29) is 17.2 Å². The van der Waals surface area contributed by atoms with Crippen LogP contribution in [0.15, 0.2) is 53.4 Å². The van der Waals surface area contributed by atoms with Crippen LogP contribution >= 0.6 is 0 Å². The lowest BCUT2D eigenvalue weighted by Gasteiger charge is -2.18. The first-order chi connectivity index (χ1) is 12.4. The number of hydrogen-bond acceptors (Lipinski definition) is 3. The topological polar surface area (TPSA) is 66.5 Å². The average molecular weight is 378 g/mol. The molecule has 0 saturated heterocycles. The second kappa shape index (κ2) is 8.91. The van der Waals surface area contributed by atoms with Gasteiger partial charge in [-0.2, -0.15) is 4.31 Å². The normalized spacial score (nSPS) is 11.5. The van der Waals surface area contributed by atoms with Crippen LogP contribution in [-0.2, 0) is 21.2 Å². The first kappa shape index (κ1) is 20.1. The van der Waals surface area contributed by atoms with E-state index >= 15 is 0 Å². The van der Waals surface area contributed by atoms with Crippen molar-refractivity contribution in [1.82, 2.24) is 4.31 Å². The van der Waals surface area contributed by atoms with Crippen LogP contribution in [0.4, 0.5) is 10.1 Å². The molecule has 0 heterocycles. The lowest BCUT2D eigenvalue weighted by atomic mass is 10.1. The van der Waals surface area contributed by atoms with Crippen LogP contribution in [0.2, 0.25) is 0 Å². The zero-order valence-electron chi connectivity index (χ0n) is 14.9. The Morgan fingerprint density at radius 2 is 1.73 bits per heavy atom. The van der Waals surface area contributed by atoms with Crippen molar-refractivity contribution < 1.29 is 17.6 Å². The van der Waals surface area contributed by atoms with Crippen LogP contribution in [0, 0.1) is 5.82 Å². The number of hydrogen-bond donors (Lipinski definition) is 1. The minimum atomic E-state index is -3.48. The number of sulfonamides is 1. The van der Waals surface area contributed by atoms with Crippen molar-refractivity contribution in [2.24, 2.45) is 0 Å². The highest BCUT2D eigenvalue weighted by Crippen LogP contribution is 2.17. The second-order valence-electron chi connectivity index (χ2n) is 5.79. The van der Waals surface area contributed by atoms with Crippen molar-refractivity contribution in [2.75, 3.05) is 18.4 Å². The Kier molecular flexibility index (Phi) is 6.88. The number of amides is 1. The summed E-state index contributed by atoms with van der Waals surface area (Å²) in [5.41, 5.74) is 1.27. The van der Waals surface area contributed by atoms with Gasteiger partial charge in [0.15, 0.2) is 0 Å². The number of benzene rings is 2. The Hall–Kier alpha value is -2.25. The summed E-state index contributed by atoms with van der Waals surface area (Å²) in [7, 11) is -3.48. The second-order valence-corrected chi connectivity index (χ2v) is 7.73. The molecule has 0 fully saturated rings. The molecule has 2 rings (SSSR count). The third-order valence-electron chi connectivity index (χ3n) is 4.02. The van der Waals surface area contributed by atoms with Crippen LogP contribution in [0.5, 0.6) is 0 Å². The summed E-state index contributed by atoms with van der Waals surface area (Å²) in [6.07, 6.45) is 0.686. The molecule has 0 aliphatic heterocycles. The molecule has 0 aliphatic rings. The molecule has 0 spiro atoms. The monoisotopic (exact) mass is 378 g/mol. The summed E-state index contributed by atoms with van der Waals surface area (Å²) < 4.78 is 39.4. The van der Waals surface area contributed by atoms with Gasteiger partial charge in [-0.25, -0.2) is 12.8 Å². The molecule has 0 aliphatic carbocycles. The summed E-state index contributed by atoms with van der Waals surface area (Å²) >= 11 is 0. The van der Waals surface area contributed by atoms with Crippen LogP contribution in [0.3, 0.4) is 0 Å². The molecule has 26 heavy (non-hydrogen) atoms. The summed E-state index contributed by atoms with van der Waals surface area (Å²) in [5.74, 6) is -0.636. The number of nitrogens with zero attached hydrogens (tertiary/aromatic N) is 1. The van der Waals surface area contributed by atoms with E-state index in [0.29, 0.717) is 25.2 Å². The van der Waals surface area contributed by atoms with Crippen molar-refractivity contribution in [3.63, 3.8) is 0 Å². The molecule has 7 heteroatoms. The molecule has 0 bridgehead atoms. The smallest absolute Gasteiger partial charge is 0.243 e. The van der Waals surface area contributed by atoms with Gasteiger partial charge in [-0.3, -0.25) is 4.79 Å². The Bertz CT molecular complexity index is 847. The fourth-order valence-electron chi connectivity index (χ4n) is 2.59. The average Bonchev–Trinajstić information content (AvgIpc) is 2.61. The fraction of sp³-hybridized carbons (Fsp3) is 0.316. The summed E-state index contributed by atoms with van der Waals surface area (Å²) in [5, 5.41) is 2.64. The van der Waals surface area contributed by atoms with Gasteiger partial charge in [-0.05, 0) is 42.3 Å².